The zero-order valence-corrected chi connectivity index (χ0v) is 10.7. The number of nitrogens with zero attached hydrogens (tertiary/aromatic N) is 1. The van der Waals surface area contributed by atoms with E-state index in [4.69, 9.17) is 5.73 Å². The Bertz CT molecular complexity index is 483. The molecule has 0 atom stereocenters. The molecule has 0 saturated heterocycles. The Morgan fingerprint density at radius 3 is 2.79 bits per heavy atom. The van der Waals surface area contributed by atoms with Gasteiger partial charge in [-0.1, -0.05) is 6.92 Å². The van der Waals surface area contributed by atoms with E-state index >= 15 is 0 Å². The summed E-state index contributed by atoms with van der Waals surface area (Å²) >= 11 is 0. The van der Waals surface area contributed by atoms with Crippen LogP contribution in [0.4, 0.5) is 20.3 Å². The molecule has 1 saturated carbocycles. The lowest BCUT2D eigenvalue weighted by Gasteiger charge is -2.35. The minimum absolute atomic E-state index is 0.0819. The van der Waals surface area contributed by atoms with Crippen molar-refractivity contribution < 1.29 is 13.6 Å². The molecule has 0 aliphatic heterocycles. The van der Waals surface area contributed by atoms with Crippen LogP contribution in [0.5, 0.6) is 0 Å². The summed E-state index contributed by atoms with van der Waals surface area (Å²) in [6, 6.07) is 3.02. The molecular formula is C13H17F2N3O. The molecule has 4 nitrogen and oxygen atoms in total. The number of carbonyl (C=O) groups excluding carboxylic acids is 1. The van der Waals surface area contributed by atoms with Gasteiger partial charge in [-0.25, -0.2) is 13.8 Å². The fraction of sp³-hybridized carbons (Fsp3) is 0.538. The third kappa shape index (κ3) is 3.39. The van der Waals surface area contributed by atoms with Crippen molar-refractivity contribution in [1.82, 2.24) is 4.98 Å². The number of ketones is 1. The highest BCUT2D eigenvalue weighted by molar-refractivity contribution is 5.80. The largest absolute Gasteiger partial charge is 0.396 e. The minimum Gasteiger partial charge on any atom is -0.396 e. The van der Waals surface area contributed by atoms with Gasteiger partial charge in [0, 0.05) is 31.7 Å². The molecule has 0 amide bonds. The molecule has 19 heavy (non-hydrogen) atoms. The number of nitrogen functional groups attached to an aromatic ring is 1. The molecule has 1 heterocycles. The first kappa shape index (κ1) is 13.7. The van der Waals surface area contributed by atoms with Gasteiger partial charge in [-0.3, -0.25) is 4.79 Å². The van der Waals surface area contributed by atoms with E-state index < -0.39 is 5.92 Å². The Balaban J connectivity index is 2.03. The smallest absolute Gasteiger partial charge is 0.252 e. The van der Waals surface area contributed by atoms with Crippen molar-refractivity contribution in [2.24, 2.45) is 0 Å². The molecule has 1 fully saturated rings. The topological polar surface area (TPSA) is 68.0 Å². The van der Waals surface area contributed by atoms with Crippen molar-refractivity contribution >= 4 is 17.3 Å². The number of hydrogen-bond acceptors (Lipinski definition) is 4. The molecule has 6 heteroatoms. The van der Waals surface area contributed by atoms with Crippen LogP contribution in [0.3, 0.4) is 0 Å². The van der Waals surface area contributed by atoms with E-state index in [2.05, 4.69) is 10.3 Å². The standard InChI is InChI=1S/C13H17F2N3O/c1-2-10(19)5-8-3-4-11(16)12(17-8)18-9-6-13(14,15)7-9/h3-4,9H,2,5-7,16H2,1H3,(H,17,18). The summed E-state index contributed by atoms with van der Waals surface area (Å²) in [4.78, 5) is 15.6. The van der Waals surface area contributed by atoms with Gasteiger partial charge >= 0.3 is 0 Å². The Morgan fingerprint density at radius 1 is 1.53 bits per heavy atom. The fourth-order valence-corrected chi connectivity index (χ4v) is 2.01. The maximum atomic E-state index is 12.8. The molecule has 0 unspecified atom stereocenters. The molecule has 1 aliphatic carbocycles. The van der Waals surface area contributed by atoms with Crippen LogP contribution in [-0.4, -0.2) is 22.7 Å². The number of alkyl halides is 2. The number of pyridine rings is 1. The summed E-state index contributed by atoms with van der Waals surface area (Å²) in [6.07, 6.45) is 0.286. The van der Waals surface area contributed by atoms with E-state index in [1.54, 1.807) is 19.1 Å². The Kier molecular flexibility index (Phi) is 3.68. The first-order chi connectivity index (χ1) is 8.89. The van der Waals surface area contributed by atoms with Crippen molar-refractivity contribution in [3.05, 3.63) is 17.8 Å². The predicted octanol–water partition coefficient (Wildman–Crippen LogP) is 2.40. The second-order valence-electron chi connectivity index (χ2n) is 4.91. The maximum Gasteiger partial charge on any atom is 0.252 e. The number of halogens is 2. The van der Waals surface area contributed by atoms with Crippen molar-refractivity contribution in [2.45, 2.75) is 44.6 Å². The lowest BCUT2D eigenvalue weighted by molar-refractivity contribution is -0.118. The number of nitrogens with two attached hydrogens (primary N) is 1. The summed E-state index contributed by atoms with van der Waals surface area (Å²) in [5, 5.41) is 2.91. The fourth-order valence-electron chi connectivity index (χ4n) is 2.01. The van der Waals surface area contributed by atoms with Crippen molar-refractivity contribution in [1.29, 1.82) is 0 Å². The quantitative estimate of drug-likeness (QED) is 0.861. The number of hydrogen-bond donors (Lipinski definition) is 2. The molecular weight excluding hydrogens is 252 g/mol. The highest BCUT2D eigenvalue weighted by Crippen LogP contribution is 2.39. The predicted molar refractivity (Wildman–Crippen MR) is 69.2 cm³/mol. The van der Waals surface area contributed by atoms with E-state index in [0.29, 0.717) is 23.6 Å². The Labute approximate surface area is 110 Å². The second-order valence-corrected chi connectivity index (χ2v) is 4.91. The average Bonchev–Trinajstić information content (AvgIpc) is 2.31. The van der Waals surface area contributed by atoms with Gasteiger partial charge in [0.25, 0.3) is 5.92 Å². The van der Waals surface area contributed by atoms with E-state index in [1.165, 1.54) is 0 Å². The lowest BCUT2D eigenvalue weighted by atomic mass is 9.88. The SMILES string of the molecule is CCC(=O)Cc1ccc(N)c(NC2CC(F)(F)C2)n1. The molecule has 104 valence electrons. The van der Waals surface area contributed by atoms with Gasteiger partial charge < -0.3 is 11.1 Å². The zero-order valence-electron chi connectivity index (χ0n) is 10.7. The van der Waals surface area contributed by atoms with Crippen LogP contribution in [0, 0.1) is 0 Å². The highest BCUT2D eigenvalue weighted by Gasteiger charge is 2.45. The van der Waals surface area contributed by atoms with Gasteiger partial charge in [-0.2, -0.15) is 0 Å². The molecule has 1 aliphatic rings. The summed E-state index contributed by atoms with van der Waals surface area (Å²) in [6.45, 7) is 1.79. The summed E-state index contributed by atoms with van der Waals surface area (Å²) in [5.41, 5.74) is 6.76. The molecule has 0 aromatic carbocycles. The van der Waals surface area contributed by atoms with Gasteiger partial charge in [0.15, 0.2) is 0 Å². The van der Waals surface area contributed by atoms with Gasteiger partial charge in [0.1, 0.15) is 11.6 Å². The van der Waals surface area contributed by atoms with Crippen molar-refractivity contribution in [3.63, 3.8) is 0 Å². The van der Waals surface area contributed by atoms with Gasteiger partial charge in [0.2, 0.25) is 0 Å². The van der Waals surface area contributed by atoms with Crippen molar-refractivity contribution in [3.8, 4) is 0 Å². The summed E-state index contributed by atoms with van der Waals surface area (Å²) in [7, 11) is 0. The van der Waals surface area contributed by atoms with E-state index in [1.807, 2.05) is 0 Å². The van der Waals surface area contributed by atoms with Gasteiger partial charge in [0.05, 0.1) is 11.4 Å². The first-order valence-electron chi connectivity index (χ1n) is 6.31. The van der Waals surface area contributed by atoms with Crippen molar-refractivity contribution in [2.75, 3.05) is 11.1 Å². The molecule has 1 aromatic heterocycles. The molecule has 0 bridgehead atoms. The number of carbonyl (C=O) groups is 1. The Hall–Kier alpha value is -1.72. The third-order valence-electron chi connectivity index (χ3n) is 3.19. The minimum atomic E-state index is -2.58. The average molecular weight is 269 g/mol. The van der Waals surface area contributed by atoms with Crippen LogP contribution in [0.1, 0.15) is 31.9 Å². The second kappa shape index (κ2) is 5.11. The van der Waals surface area contributed by atoms with Crippen LogP contribution in [-0.2, 0) is 11.2 Å². The lowest BCUT2D eigenvalue weighted by Crippen LogP contribution is -2.44. The van der Waals surface area contributed by atoms with Crippen LogP contribution in [0.15, 0.2) is 12.1 Å². The normalized spacial score (nSPS) is 17.8. The summed E-state index contributed by atoms with van der Waals surface area (Å²) < 4.78 is 25.5. The molecule has 1 aromatic rings. The molecule has 0 radical (unpaired) electrons. The first-order valence-corrected chi connectivity index (χ1v) is 6.31. The monoisotopic (exact) mass is 269 g/mol. The van der Waals surface area contributed by atoms with Crippen LogP contribution >= 0.6 is 0 Å². The number of anilines is 2. The number of rotatable bonds is 5. The van der Waals surface area contributed by atoms with Crippen LogP contribution < -0.4 is 11.1 Å². The molecule has 0 spiro atoms. The highest BCUT2D eigenvalue weighted by atomic mass is 19.3. The Morgan fingerprint density at radius 2 is 2.21 bits per heavy atom. The van der Waals surface area contributed by atoms with Crippen LogP contribution in [0.2, 0.25) is 0 Å². The maximum absolute atomic E-state index is 12.8. The zero-order chi connectivity index (χ0) is 14.0. The van der Waals surface area contributed by atoms with E-state index in [-0.39, 0.29) is 31.1 Å². The third-order valence-corrected chi connectivity index (χ3v) is 3.19. The van der Waals surface area contributed by atoms with Gasteiger partial charge in [-0.05, 0) is 12.1 Å². The number of nitrogens with one attached hydrogen (secondary N) is 1. The van der Waals surface area contributed by atoms with E-state index in [9.17, 15) is 13.6 Å². The number of aromatic nitrogens is 1. The molecule has 3 N–H and O–H groups in total. The molecule has 2 rings (SSSR count). The van der Waals surface area contributed by atoms with Gasteiger partial charge in [-0.15, -0.1) is 0 Å². The van der Waals surface area contributed by atoms with Crippen LogP contribution in [0.25, 0.3) is 0 Å². The summed E-state index contributed by atoms with van der Waals surface area (Å²) in [5.74, 6) is -2.11. The van der Waals surface area contributed by atoms with E-state index in [0.717, 1.165) is 0 Å². The number of Topliss-reactive ketones (excluding diaryl/α,β-unsaturated/α-hetero) is 1.